The number of aromatic nitrogens is 3. The molecule has 7 nitrogen and oxygen atoms in total. The number of amides is 1. The molecule has 35 heavy (non-hydrogen) atoms. The van der Waals surface area contributed by atoms with E-state index in [0.29, 0.717) is 32.0 Å². The summed E-state index contributed by atoms with van der Waals surface area (Å²) in [4.78, 5) is 27.9. The molecule has 0 saturated heterocycles. The molecule has 0 bridgehead atoms. The van der Waals surface area contributed by atoms with Crippen molar-refractivity contribution >= 4 is 17.5 Å². The van der Waals surface area contributed by atoms with E-state index >= 15 is 0 Å². The lowest BCUT2D eigenvalue weighted by Crippen LogP contribution is -2.35. The monoisotopic (exact) mass is 465 g/mol. The molecule has 7 heteroatoms. The van der Waals surface area contributed by atoms with Gasteiger partial charge in [-0.1, -0.05) is 78.4 Å². The second-order valence-corrected chi connectivity index (χ2v) is 8.71. The number of benzene rings is 3. The molecule has 0 unspecified atom stereocenters. The topological polar surface area (TPSA) is 80.1 Å². The Kier molecular flexibility index (Phi) is 6.39. The van der Waals surface area contributed by atoms with Gasteiger partial charge in [-0.15, -0.1) is 10.2 Å². The molecule has 176 valence electrons. The maximum atomic E-state index is 13.0. The molecule has 0 radical (unpaired) electrons. The molecule has 0 saturated carbocycles. The fraction of sp³-hybridized carbons (Fsp3) is 0.214. The molecule has 1 aliphatic rings. The van der Waals surface area contributed by atoms with Crippen LogP contribution in [-0.2, 0) is 6.54 Å². The number of carbonyl (C=O) groups excluding carboxylic acids is 1. The third kappa shape index (κ3) is 4.71. The molecule has 0 spiro atoms. The van der Waals surface area contributed by atoms with Crippen molar-refractivity contribution in [3.63, 3.8) is 0 Å². The fourth-order valence-corrected chi connectivity index (χ4v) is 4.53. The first-order valence-corrected chi connectivity index (χ1v) is 11.8. The summed E-state index contributed by atoms with van der Waals surface area (Å²) in [7, 11) is 0. The highest BCUT2D eigenvalue weighted by Crippen LogP contribution is 2.28. The summed E-state index contributed by atoms with van der Waals surface area (Å²) in [5.74, 6) is 0.100. The van der Waals surface area contributed by atoms with Crippen molar-refractivity contribution in [1.29, 1.82) is 0 Å². The molecule has 2 heterocycles. The highest BCUT2D eigenvalue weighted by Gasteiger charge is 2.27. The van der Waals surface area contributed by atoms with Gasteiger partial charge in [-0.2, -0.15) is 0 Å². The molecule has 0 aliphatic carbocycles. The van der Waals surface area contributed by atoms with E-state index in [9.17, 15) is 9.59 Å². The molecular formula is C28H27N5O2. The van der Waals surface area contributed by atoms with Gasteiger partial charge in [0.05, 0.1) is 0 Å². The zero-order valence-electron chi connectivity index (χ0n) is 19.6. The summed E-state index contributed by atoms with van der Waals surface area (Å²) in [5.41, 5.74) is 3.88. The van der Waals surface area contributed by atoms with Crippen LogP contribution in [0.3, 0.4) is 0 Å². The summed E-state index contributed by atoms with van der Waals surface area (Å²) in [5, 5.41) is 11.1. The zero-order valence-corrected chi connectivity index (χ0v) is 19.6. The van der Waals surface area contributed by atoms with Crippen LogP contribution in [0.25, 0.3) is 0 Å². The number of aryl methyl sites for hydroxylation is 1. The molecule has 1 amide bonds. The number of nitrogens with zero attached hydrogens (tertiary/aromatic N) is 4. The van der Waals surface area contributed by atoms with Crippen LogP contribution >= 0.6 is 0 Å². The van der Waals surface area contributed by atoms with Crippen LogP contribution in [0.2, 0.25) is 0 Å². The molecular weight excluding hydrogens is 438 g/mol. The van der Waals surface area contributed by atoms with Gasteiger partial charge in [0.1, 0.15) is 0 Å². The van der Waals surface area contributed by atoms with Crippen molar-refractivity contribution in [1.82, 2.24) is 20.1 Å². The highest BCUT2D eigenvalue weighted by molar-refractivity contribution is 5.91. The van der Waals surface area contributed by atoms with Crippen molar-refractivity contribution in [2.45, 2.75) is 25.8 Å². The van der Waals surface area contributed by atoms with Crippen LogP contribution in [0.1, 0.15) is 39.5 Å². The van der Waals surface area contributed by atoms with Crippen molar-refractivity contribution in [2.24, 2.45) is 0 Å². The predicted octanol–water partition coefficient (Wildman–Crippen LogP) is 4.05. The van der Waals surface area contributed by atoms with Crippen LogP contribution in [0, 0.1) is 6.92 Å². The third-order valence-electron chi connectivity index (χ3n) is 6.40. The Balaban J connectivity index is 1.30. The van der Waals surface area contributed by atoms with Gasteiger partial charge in [0.15, 0.2) is 0 Å². The molecule has 1 aliphatic heterocycles. The molecule has 0 fully saturated rings. The lowest BCUT2D eigenvalue weighted by Gasteiger charge is -2.18. The van der Waals surface area contributed by atoms with Crippen molar-refractivity contribution in [3.05, 3.63) is 118 Å². The highest BCUT2D eigenvalue weighted by atomic mass is 16.2. The van der Waals surface area contributed by atoms with E-state index in [2.05, 4.69) is 39.8 Å². The number of carbonyl (C=O) groups is 1. The first-order chi connectivity index (χ1) is 17.1. The van der Waals surface area contributed by atoms with Crippen LogP contribution in [0.4, 0.5) is 11.6 Å². The summed E-state index contributed by atoms with van der Waals surface area (Å²) >= 11 is 0. The maximum Gasteiger partial charge on any atom is 0.286 e. The smallest absolute Gasteiger partial charge is 0.286 e. The van der Waals surface area contributed by atoms with Gasteiger partial charge in [-0.3, -0.25) is 14.2 Å². The summed E-state index contributed by atoms with van der Waals surface area (Å²) < 4.78 is 1.53. The fourth-order valence-electron chi connectivity index (χ4n) is 4.53. The summed E-state index contributed by atoms with van der Waals surface area (Å²) in [6.45, 7) is 3.50. The average molecular weight is 466 g/mol. The van der Waals surface area contributed by atoms with E-state index < -0.39 is 11.5 Å². The number of rotatable bonds is 7. The minimum atomic E-state index is -0.494. The molecule has 5 rings (SSSR count). The molecule has 0 atom stereocenters. The van der Waals surface area contributed by atoms with E-state index in [4.69, 9.17) is 0 Å². The molecule has 4 aromatic rings. The Hall–Kier alpha value is -4.26. The zero-order chi connectivity index (χ0) is 24.2. The minimum absolute atomic E-state index is 0.132. The lowest BCUT2D eigenvalue weighted by molar-refractivity contribution is 0.0944. The second-order valence-electron chi connectivity index (χ2n) is 8.71. The SMILES string of the molecule is Cc1ccc(N2CCn3c2nnc(C(=O)NCCC(c2ccccc2)c2ccccc2)c3=O)cc1. The molecule has 1 N–H and O–H groups in total. The van der Waals surface area contributed by atoms with Crippen molar-refractivity contribution in [3.8, 4) is 0 Å². The Morgan fingerprint density at radius 1 is 0.886 bits per heavy atom. The van der Waals surface area contributed by atoms with Gasteiger partial charge in [-0.05, 0) is 36.6 Å². The van der Waals surface area contributed by atoms with Gasteiger partial charge in [0, 0.05) is 31.2 Å². The first-order valence-electron chi connectivity index (χ1n) is 11.8. The van der Waals surface area contributed by atoms with Gasteiger partial charge in [0.2, 0.25) is 11.6 Å². The predicted molar refractivity (Wildman–Crippen MR) is 136 cm³/mol. The standard InChI is InChI=1S/C28H27N5O2/c1-20-12-14-23(15-13-20)32-18-19-33-27(35)25(30-31-28(32)33)26(34)29-17-16-24(21-8-4-2-5-9-21)22-10-6-3-7-11-22/h2-15,24H,16-19H2,1H3,(H,29,34). The van der Waals surface area contributed by atoms with Gasteiger partial charge in [-0.25, -0.2) is 0 Å². The summed E-state index contributed by atoms with van der Waals surface area (Å²) in [6, 6.07) is 28.5. The largest absolute Gasteiger partial charge is 0.350 e. The maximum absolute atomic E-state index is 13.0. The van der Waals surface area contributed by atoms with Crippen molar-refractivity contribution in [2.75, 3.05) is 18.0 Å². The average Bonchev–Trinajstić information content (AvgIpc) is 3.33. The Morgan fingerprint density at radius 2 is 1.51 bits per heavy atom. The van der Waals surface area contributed by atoms with Crippen molar-refractivity contribution < 1.29 is 4.79 Å². The van der Waals surface area contributed by atoms with E-state index in [1.54, 1.807) is 0 Å². The van der Waals surface area contributed by atoms with Crippen LogP contribution in [0.15, 0.2) is 89.7 Å². The Labute approximate surface area is 204 Å². The van der Waals surface area contributed by atoms with Gasteiger partial charge < -0.3 is 10.2 Å². The summed E-state index contributed by atoms with van der Waals surface area (Å²) in [6.07, 6.45) is 0.695. The lowest BCUT2D eigenvalue weighted by atomic mass is 9.88. The first kappa shape index (κ1) is 22.5. The number of hydrogen-bond donors (Lipinski definition) is 1. The van der Waals surface area contributed by atoms with Crippen LogP contribution < -0.4 is 15.8 Å². The minimum Gasteiger partial charge on any atom is -0.350 e. The Bertz CT molecular complexity index is 1330. The number of hydrogen-bond acceptors (Lipinski definition) is 5. The van der Waals surface area contributed by atoms with Crippen LogP contribution in [-0.4, -0.2) is 33.8 Å². The normalized spacial score (nSPS) is 12.6. The van der Waals surface area contributed by atoms with Gasteiger partial charge in [0.25, 0.3) is 11.5 Å². The molecule has 3 aromatic carbocycles. The number of fused-ring (bicyclic) bond motifs is 1. The van der Waals surface area contributed by atoms with Crippen LogP contribution in [0.5, 0.6) is 0 Å². The van der Waals surface area contributed by atoms with Gasteiger partial charge >= 0.3 is 0 Å². The van der Waals surface area contributed by atoms with E-state index in [-0.39, 0.29) is 11.6 Å². The number of anilines is 2. The van der Waals surface area contributed by atoms with E-state index in [1.807, 2.05) is 72.5 Å². The molecule has 1 aromatic heterocycles. The number of nitrogens with one attached hydrogen (secondary N) is 1. The van der Waals surface area contributed by atoms with E-state index in [1.165, 1.54) is 15.7 Å². The van der Waals surface area contributed by atoms with E-state index in [0.717, 1.165) is 11.3 Å². The quantitative estimate of drug-likeness (QED) is 0.445. The third-order valence-corrected chi connectivity index (χ3v) is 6.40. The Morgan fingerprint density at radius 3 is 2.14 bits per heavy atom. The second kappa shape index (κ2) is 9.93.